The van der Waals surface area contributed by atoms with Crippen LogP contribution in [0.5, 0.6) is 11.5 Å². The third-order valence-electron chi connectivity index (χ3n) is 5.18. The molecule has 0 radical (unpaired) electrons. The van der Waals surface area contributed by atoms with E-state index in [4.69, 9.17) is 9.47 Å². The highest BCUT2D eigenvalue weighted by atomic mass is 79.9. The molecule has 1 aliphatic heterocycles. The molecule has 0 aromatic heterocycles. The van der Waals surface area contributed by atoms with E-state index in [1.165, 1.54) is 7.11 Å². The number of urea groups is 1. The van der Waals surface area contributed by atoms with Gasteiger partial charge >= 0.3 is 6.03 Å². The minimum absolute atomic E-state index is 0.305. The van der Waals surface area contributed by atoms with Gasteiger partial charge in [-0.05, 0) is 55.7 Å². The van der Waals surface area contributed by atoms with Gasteiger partial charge in [-0.2, -0.15) is 0 Å². The molecule has 3 rings (SSSR count). The number of rotatable bonds is 5. The molecular formula is C22H24BrN3O4. The third-order valence-corrected chi connectivity index (χ3v) is 5.87. The molecule has 0 aliphatic carbocycles. The van der Waals surface area contributed by atoms with E-state index < -0.39 is 6.04 Å². The molecule has 30 heavy (non-hydrogen) atoms. The Balaban J connectivity index is 2.05. The first-order chi connectivity index (χ1) is 14.3. The van der Waals surface area contributed by atoms with E-state index in [2.05, 4.69) is 31.9 Å². The summed E-state index contributed by atoms with van der Waals surface area (Å²) in [6.45, 7) is 5.65. The molecule has 0 fully saturated rings. The number of ether oxygens (including phenoxy) is 2. The van der Waals surface area contributed by atoms with E-state index in [-0.39, 0.29) is 11.9 Å². The predicted molar refractivity (Wildman–Crippen MR) is 119 cm³/mol. The van der Waals surface area contributed by atoms with Crippen molar-refractivity contribution in [2.75, 3.05) is 19.5 Å². The van der Waals surface area contributed by atoms with Crippen molar-refractivity contribution >= 4 is 33.6 Å². The van der Waals surface area contributed by atoms with Crippen LogP contribution in [0.15, 0.2) is 46.1 Å². The van der Waals surface area contributed by atoms with E-state index in [0.29, 0.717) is 32.8 Å². The van der Waals surface area contributed by atoms with Crippen LogP contribution >= 0.6 is 15.9 Å². The lowest BCUT2D eigenvalue weighted by Crippen LogP contribution is -2.46. The van der Waals surface area contributed by atoms with E-state index in [1.54, 1.807) is 26.2 Å². The van der Waals surface area contributed by atoms with Crippen molar-refractivity contribution in [2.45, 2.75) is 26.8 Å². The van der Waals surface area contributed by atoms with E-state index >= 15 is 0 Å². The molecule has 1 atom stereocenters. The van der Waals surface area contributed by atoms with Crippen molar-refractivity contribution in [1.82, 2.24) is 10.6 Å². The van der Waals surface area contributed by atoms with Gasteiger partial charge < -0.3 is 25.4 Å². The second-order valence-corrected chi connectivity index (χ2v) is 7.85. The van der Waals surface area contributed by atoms with Crippen LogP contribution in [0.1, 0.15) is 29.7 Å². The minimum atomic E-state index is -0.682. The smallest absolute Gasteiger partial charge is 0.319 e. The van der Waals surface area contributed by atoms with Crippen molar-refractivity contribution in [3.63, 3.8) is 0 Å². The molecule has 7 nitrogen and oxygen atoms in total. The molecule has 1 heterocycles. The van der Waals surface area contributed by atoms with Crippen LogP contribution in [0, 0.1) is 13.8 Å². The Hall–Kier alpha value is -3.00. The Morgan fingerprint density at radius 2 is 1.77 bits per heavy atom. The average Bonchev–Trinajstić information content (AvgIpc) is 2.70. The van der Waals surface area contributed by atoms with Crippen LogP contribution < -0.4 is 25.4 Å². The van der Waals surface area contributed by atoms with Crippen LogP contribution in [-0.2, 0) is 4.79 Å². The second-order valence-electron chi connectivity index (χ2n) is 7.00. The number of methoxy groups -OCH3 is 2. The summed E-state index contributed by atoms with van der Waals surface area (Å²) in [5.41, 5.74) is 4.35. The van der Waals surface area contributed by atoms with Crippen LogP contribution in [0.25, 0.3) is 0 Å². The topological polar surface area (TPSA) is 88.7 Å². The lowest BCUT2D eigenvalue weighted by atomic mass is 9.94. The molecule has 2 aromatic carbocycles. The zero-order chi connectivity index (χ0) is 22.0. The molecule has 0 saturated carbocycles. The van der Waals surface area contributed by atoms with Gasteiger partial charge in [0.05, 0.1) is 25.8 Å². The molecule has 0 saturated heterocycles. The third kappa shape index (κ3) is 4.14. The molecule has 3 N–H and O–H groups in total. The molecule has 2 aromatic rings. The van der Waals surface area contributed by atoms with Gasteiger partial charge in [-0.15, -0.1) is 0 Å². The van der Waals surface area contributed by atoms with Gasteiger partial charge in [-0.25, -0.2) is 4.79 Å². The molecule has 1 unspecified atom stereocenters. The molecule has 1 aliphatic rings. The van der Waals surface area contributed by atoms with Crippen molar-refractivity contribution in [2.24, 2.45) is 0 Å². The minimum Gasteiger partial charge on any atom is -0.493 e. The molecule has 158 valence electrons. The van der Waals surface area contributed by atoms with Gasteiger partial charge in [-0.1, -0.05) is 28.1 Å². The summed E-state index contributed by atoms with van der Waals surface area (Å²) in [5.74, 6) is 0.728. The van der Waals surface area contributed by atoms with Gasteiger partial charge in [-0.3, -0.25) is 4.79 Å². The Bertz CT molecular complexity index is 1050. The Kier molecular flexibility index (Phi) is 6.36. The highest BCUT2D eigenvalue weighted by molar-refractivity contribution is 9.10. The highest BCUT2D eigenvalue weighted by Gasteiger charge is 2.33. The number of hydrogen-bond acceptors (Lipinski definition) is 4. The van der Waals surface area contributed by atoms with E-state index in [0.717, 1.165) is 16.8 Å². The van der Waals surface area contributed by atoms with Crippen LogP contribution in [0.4, 0.5) is 10.5 Å². The Morgan fingerprint density at radius 3 is 2.43 bits per heavy atom. The first-order valence-electron chi connectivity index (χ1n) is 9.34. The summed E-state index contributed by atoms with van der Waals surface area (Å²) in [6.07, 6.45) is 0. The zero-order valence-electron chi connectivity index (χ0n) is 17.5. The molecular weight excluding hydrogens is 450 g/mol. The fourth-order valence-corrected chi connectivity index (χ4v) is 3.95. The predicted octanol–water partition coefficient (Wildman–Crippen LogP) is 4.35. The quantitative estimate of drug-likeness (QED) is 0.602. The lowest BCUT2D eigenvalue weighted by molar-refractivity contribution is -0.113. The first-order valence-corrected chi connectivity index (χ1v) is 10.1. The number of allylic oxidation sites excluding steroid dienone is 1. The SMILES string of the molecule is COc1cc(Br)c(C2NC(=O)NC(C)=C2C(=O)Nc2cccc(C)c2C)cc1OC. The van der Waals surface area contributed by atoms with Crippen molar-refractivity contribution in [3.8, 4) is 11.5 Å². The highest BCUT2D eigenvalue weighted by Crippen LogP contribution is 2.39. The standard InChI is InChI=1S/C22H24BrN3O4/c1-11-7-6-8-16(12(11)2)25-21(27)19-13(3)24-22(28)26-20(19)14-9-17(29-4)18(30-5)10-15(14)23/h6-10,20H,1-5H3,(H,25,27)(H2,24,26,28). The van der Waals surface area contributed by atoms with Gasteiger partial charge in [0, 0.05) is 15.9 Å². The fourth-order valence-electron chi connectivity index (χ4n) is 3.40. The van der Waals surface area contributed by atoms with Crippen molar-refractivity contribution in [1.29, 1.82) is 0 Å². The average molecular weight is 474 g/mol. The monoisotopic (exact) mass is 473 g/mol. The number of carbonyl (C=O) groups excluding carboxylic acids is 2. The summed E-state index contributed by atoms with van der Waals surface area (Å²) in [6, 6.07) is 8.16. The lowest BCUT2D eigenvalue weighted by Gasteiger charge is -2.30. The first kappa shape index (κ1) is 21.7. The number of aryl methyl sites for hydroxylation is 1. The van der Waals surface area contributed by atoms with Gasteiger partial charge in [0.25, 0.3) is 5.91 Å². The summed E-state index contributed by atoms with van der Waals surface area (Å²) in [5, 5.41) is 8.51. The van der Waals surface area contributed by atoms with E-state index in [1.807, 2.05) is 32.0 Å². The van der Waals surface area contributed by atoms with Gasteiger partial charge in [0.15, 0.2) is 11.5 Å². The maximum atomic E-state index is 13.3. The Morgan fingerprint density at radius 1 is 1.10 bits per heavy atom. The normalized spacial score (nSPS) is 15.9. The summed E-state index contributed by atoms with van der Waals surface area (Å²) < 4.78 is 11.4. The number of carbonyl (C=O) groups is 2. The number of hydrogen-bond donors (Lipinski definition) is 3. The fraction of sp³-hybridized carbons (Fsp3) is 0.273. The molecule has 8 heteroatoms. The Labute approximate surface area is 184 Å². The number of anilines is 1. The molecule has 3 amide bonds. The van der Waals surface area contributed by atoms with Gasteiger partial charge in [0.1, 0.15) is 0 Å². The summed E-state index contributed by atoms with van der Waals surface area (Å²) >= 11 is 3.53. The molecule has 0 bridgehead atoms. The van der Waals surface area contributed by atoms with Gasteiger partial charge in [0.2, 0.25) is 0 Å². The zero-order valence-corrected chi connectivity index (χ0v) is 19.1. The van der Waals surface area contributed by atoms with Crippen LogP contribution in [0.2, 0.25) is 0 Å². The number of halogens is 1. The number of benzene rings is 2. The van der Waals surface area contributed by atoms with Crippen molar-refractivity contribution in [3.05, 3.63) is 62.8 Å². The van der Waals surface area contributed by atoms with E-state index in [9.17, 15) is 9.59 Å². The maximum absolute atomic E-state index is 13.3. The molecule has 0 spiro atoms. The summed E-state index contributed by atoms with van der Waals surface area (Å²) in [4.78, 5) is 25.5. The number of amides is 3. The largest absolute Gasteiger partial charge is 0.493 e. The number of nitrogens with one attached hydrogen (secondary N) is 3. The maximum Gasteiger partial charge on any atom is 0.319 e. The van der Waals surface area contributed by atoms with Crippen molar-refractivity contribution < 1.29 is 19.1 Å². The summed E-state index contributed by atoms with van der Waals surface area (Å²) in [7, 11) is 3.08. The second kappa shape index (κ2) is 8.79. The van der Waals surface area contributed by atoms with Crippen LogP contribution in [-0.4, -0.2) is 26.2 Å². The van der Waals surface area contributed by atoms with Crippen LogP contribution in [0.3, 0.4) is 0 Å².